The normalized spacial score (nSPS) is 13.1. The molecular formula is C15H27N3O2S. The lowest BCUT2D eigenvalue weighted by molar-refractivity contribution is 0.564. The van der Waals surface area contributed by atoms with E-state index in [-0.39, 0.29) is 4.90 Å². The van der Waals surface area contributed by atoms with E-state index in [1.807, 2.05) is 0 Å². The molecule has 0 aliphatic heterocycles. The van der Waals surface area contributed by atoms with Gasteiger partial charge in [0.25, 0.3) is 0 Å². The summed E-state index contributed by atoms with van der Waals surface area (Å²) in [6.45, 7) is 4.31. The van der Waals surface area contributed by atoms with Gasteiger partial charge in [0, 0.05) is 6.04 Å². The molecule has 21 heavy (non-hydrogen) atoms. The molecule has 120 valence electrons. The lowest BCUT2D eigenvalue weighted by atomic mass is 10.0. The number of hydrogen-bond donors (Lipinski definition) is 3. The molecular weight excluding hydrogens is 286 g/mol. The molecule has 5 nitrogen and oxygen atoms in total. The molecule has 1 unspecified atom stereocenters. The molecule has 0 saturated carbocycles. The number of anilines is 2. The van der Waals surface area contributed by atoms with Crippen LogP contribution in [0.1, 0.15) is 46.0 Å². The minimum absolute atomic E-state index is 0.229. The monoisotopic (exact) mass is 313 g/mol. The molecule has 6 heteroatoms. The van der Waals surface area contributed by atoms with E-state index in [0.29, 0.717) is 17.4 Å². The van der Waals surface area contributed by atoms with Crippen molar-refractivity contribution in [3.8, 4) is 0 Å². The Balaban J connectivity index is 2.97. The number of nitrogens with one attached hydrogen (secondary N) is 2. The third-order valence-electron chi connectivity index (χ3n) is 3.51. The Morgan fingerprint density at radius 1 is 1.19 bits per heavy atom. The van der Waals surface area contributed by atoms with Gasteiger partial charge in [-0.3, -0.25) is 0 Å². The third-order valence-corrected chi connectivity index (χ3v) is 4.92. The average Bonchev–Trinajstić information content (AvgIpc) is 2.47. The van der Waals surface area contributed by atoms with Gasteiger partial charge in [-0.15, -0.1) is 0 Å². The summed E-state index contributed by atoms with van der Waals surface area (Å²) in [5, 5.41) is 3.40. The van der Waals surface area contributed by atoms with E-state index in [0.717, 1.165) is 32.1 Å². The van der Waals surface area contributed by atoms with E-state index < -0.39 is 10.0 Å². The van der Waals surface area contributed by atoms with Crippen molar-refractivity contribution in [3.05, 3.63) is 18.2 Å². The summed E-state index contributed by atoms with van der Waals surface area (Å²) >= 11 is 0. The maximum absolute atomic E-state index is 11.9. The van der Waals surface area contributed by atoms with Crippen LogP contribution in [-0.2, 0) is 10.0 Å². The lowest BCUT2D eigenvalue weighted by Gasteiger charge is -2.21. The van der Waals surface area contributed by atoms with Gasteiger partial charge in [0.05, 0.1) is 16.3 Å². The fraction of sp³-hybridized carbons (Fsp3) is 0.600. The Morgan fingerprint density at radius 2 is 1.90 bits per heavy atom. The molecule has 0 bridgehead atoms. The molecule has 1 atom stereocenters. The first-order valence-electron chi connectivity index (χ1n) is 7.54. The van der Waals surface area contributed by atoms with Crippen LogP contribution in [0.15, 0.2) is 23.1 Å². The van der Waals surface area contributed by atoms with Gasteiger partial charge in [-0.1, -0.05) is 33.1 Å². The molecule has 0 aromatic heterocycles. The highest BCUT2D eigenvalue weighted by Crippen LogP contribution is 2.25. The average molecular weight is 313 g/mol. The zero-order chi connectivity index (χ0) is 15.9. The van der Waals surface area contributed by atoms with E-state index in [4.69, 9.17) is 5.73 Å². The first-order valence-corrected chi connectivity index (χ1v) is 9.02. The summed E-state index contributed by atoms with van der Waals surface area (Å²) < 4.78 is 26.1. The maximum atomic E-state index is 11.9. The summed E-state index contributed by atoms with van der Waals surface area (Å²) in [6, 6.07) is 5.09. The van der Waals surface area contributed by atoms with Gasteiger partial charge in [-0.05, 0) is 38.1 Å². The molecule has 1 aromatic carbocycles. The van der Waals surface area contributed by atoms with Crippen molar-refractivity contribution < 1.29 is 8.42 Å². The SMILES string of the molecule is CCCCC(CCC)Nc1cc(S(=O)(=O)NC)ccc1N. The number of unbranched alkanes of at least 4 members (excludes halogenated alkanes) is 1. The summed E-state index contributed by atoms with van der Waals surface area (Å²) in [5.41, 5.74) is 7.24. The minimum atomic E-state index is -3.45. The van der Waals surface area contributed by atoms with Gasteiger partial charge >= 0.3 is 0 Å². The second-order valence-corrected chi connectivity index (χ2v) is 7.12. The maximum Gasteiger partial charge on any atom is 0.240 e. The van der Waals surface area contributed by atoms with E-state index in [1.54, 1.807) is 12.1 Å². The topological polar surface area (TPSA) is 84.2 Å². The number of hydrogen-bond acceptors (Lipinski definition) is 4. The van der Waals surface area contributed by atoms with Crippen molar-refractivity contribution in [2.75, 3.05) is 18.1 Å². The van der Waals surface area contributed by atoms with Gasteiger partial charge in [0.2, 0.25) is 10.0 Å². The fourth-order valence-electron chi connectivity index (χ4n) is 2.25. The van der Waals surface area contributed by atoms with Gasteiger partial charge in [0.1, 0.15) is 0 Å². The molecule has 0 amide bonds. The predicted octanol–water partition coefficient (Wildman–Crippen LogP) is 2.95. The van der Waals surface area contributed by atoms with Crippen LogP contribution in [0.25, 0.3) is 0 Å². The first kappa shape index (κ1) is 17.8. The molecule has 0 saturated heterocycles. The lowest BCUT2D eigenvalue weighted by Crippen LogP contribution is -2.22. The molecule has 1 aromatic rings. The highest BCUT2D eigenvalue weighted by molar-refractivity contribution is 7.89. The van der Waals surface area contributed by atoms with Crippen molar-refractivity contribution in [1.29, 1.82) is 0 Å². The van der Waals surface area contributed by atoms with Gasteiger partial charge in [0.15, 0.2) is 0 Å². The molecule has 0 heterocycles. The summed E-state index contributed by atoms with van der Waals surface area (Å²) in [6.07, 6.45) is 5.47. The van der Waals surface area contributed by atoms with Gasteiger partial charge < -0.3 is 11.1 Å². The Bertz CT molecular complexity index is 544. The molecule has 0 aliphatic rings. The Hall–Kier alpha value is -1.27. The molecule has 0 aliphatic carbocycles. The van der Waals surface area contributed by atoms with Crippen LogP contribution in [0.2, 0.25) is 0 Å². The Morgan fingerprint density at radius 3 is 2.48 bits per heavy atom. The van der Waals surface area contributed by atoms with Crippen LogP contribution in [0.3, 0.4) is 0 Å². The quantitative estimate of drug-likeness (QED) is 0.612. The van der Waals surface area contributed by atoms with E-state index >= 15 is 0 Å². The first-order chi connectivity index (χ1) is 9.94. The van der Waals surface area contributed by atoms with Crippen molar-refractivity contribution in [1.82, 2.24) is 4.72 Å². The smallest absolute Gasteiger partial charge is 0.240 e. The zero-order valence-electron chi connectivity index (χ0n) is 13.1. The van der Waals surface area contributed by atoms with Crippen molar-refractivity contribution in [2.24, 2.45) is 0 Å². The Kier molecular flexibility index (Phi) is 6.98. The second-order valence-electron chi connectivity index (χ2n) is 5.23. The molecule has 0 spiro atoms. The third kappa shape index (κ3) is 5.21. The van der Waals surface area contributed by atoms with Crippen LogP contribution < -0.4 is 15.8 Å². The summed E-state index contributed by atoms with van der Waals surface area (Å²) in [7, 11) is -2.05. The van der Waals surface area contributed by atoms with E-state index in [2.05, 4.69) is 23.9 Å². The zero-order valence-corrected chi connectivity index (χ0v) is 14.0. The minimum Gasteiger partial charge on any atom is -0.397 e. The molecule has 0 fully saturated rings. The fourth-order valence-corrected chi connectivity index (χ4v) is 3.01. The van der Waals surface area contributed by atoms with Crippen LogP contribution >= 0.6 is 0 Å². The highest BCUT2D eigenvalue weighted by Gasteiger charge is 2.15. The number of rotatable bonds is 9. The molecule has 1 rings (SSSR count). The van der Waals surface area contributed by atoms with Crippen molar-refractivity contribution in [2.45, 2.75) is 56.9 Å². The number of sulfonamides is 1. The summed E-state index contributed by atoms with van der Waals surface area (Å²) in [4.78, 5) is 0.229. The standard InChI is InChI=1S/C15H27N3O2S/c1-4-6-8-12(7-5-2)18-15-11-13(9-10-14(15)16)21(19,20)17-3/h9-12,17-18H,4-8,16H2,1-3H3. The number of benzene rings is 1. The predicted molar refractivity (Wildman–Crippen MR) is 88.9 cm³/mol. The van der Waals surface area contributed by atoms with Gasteiger partial charge in [-0.2, -0.15) is 0 Å². The van der Waals surface area contributed by atoms with E-state index in [1.165, 1.54) is 13.1 Å². The van der Waals surface area contributed by atoms with Crippen molar-refractivity contribution >= 4 is 21.4 Å². The van der Waals surface area contributed by atoms with Gasteiger partial charge in [-0.25, -0.2) is 13.1 Å². The van der Waals surface area contributed by atoms with Crippen LogP contribution in [0.4, 0.5) is 11.4 Å². The second kappa shape index (κ2) is 8.24. The Labute approximate surface area is 128 Å². The van der Waals surface area contributed by atoms with Crippen LogP contribution in [0.5, 0.6) is 0 Å². The largest absolute Gasteiger partial charge is 0.397 e. The number of nitrogen functional groups attached to an aromatic ring is 1. The summed E-state index contributed by atoms with van der Waals surface area (Å²) in [5.74, 6) is 0. The molecule has 4 N–H and O–H groups in total. The van der Waals surface area contributed by atoms with Crippen LogP contribution in [-0.4, -0.2) is 21.5 Å². The number of nitrogens with two attached hydrogens (primary N) is 1. The van der Waals surface area contributed by atoms with E-state index in [9.17, 15) is 8.42 Å². The van der Waals surface area contributed by atoms with Crippen LogP contribution in [0, 0.1) is 0 Å². The molecule has 0 radical (unpaired) electrons. The van der Waals surface area contributed by atoms with Crippen molar-refractivity contribution in [3.63, 3.8) is 0 Å². The highest BCUT2D eigenvalue weighted by atomic mass is 32.2.